The number of carbonyl (C=O) groups excluding carboxylic acids is 1. The summed E-state index contributed by atoms with van der Waals surface area (Å²) in [5.74, 6) is 0.0975. The number of carbonyl (C=O) groups is 1. The number of H-pyrrole nitrogens is 1. The second kappa shape index (κ2) is 9.78. The second-order valence-corrected chi connectivity index (χ2v) is 11.5. The number of rotatable bonds is 3. The van der Waals surface area contributed by atoms with E-state index in [-0.39, 0.29) is 11.2 Å². The number of fused-ring (bicyclic) bond motifs is 6. The van der Waals surface area contributed by atoms with Crippen LogP contribution in [0.5, 0.6) is 0 Å². The number of benzene rings is 2. The van der Waals surface area contributed by atoms with Crippen LogP contribution in [-0.4, -0.2) is 74.3 Å². The van der Waals surface area contributed by atoms with E-state index in [2.05, 4.69) is 39.9 Å². The van der Waals surface area contributed by atoms with Crippen molar-refractivity contribution in [2.45, 2.75) is 50.5 Å². The largest absolute Gasteiger partial charge is 0.381 e. The summed E-state index contributed by atoms with van der Waals surface area (Å²) in [5.41, 5.74) is 7.51. The van der Waals surface area contributed by atoms with Crippen molar-refractivity contribution in [3.63, 3.8) is 0 Å². The Morgan fingerprint density at radius 2 is 1.77 bits per heavy atom. The number of hydrogen-bond donors (Lipinski definition) is 1. The van der Waals surface area contributed by atoms with Crippen LogP contribution in [0, 0.1) is 11.3 Å². The number of aromatic amines is 1. The van der Waals surface area contributed by atoms with E-state index >= 15 is 0 Å². The molecule has 2 aromatic carbocycles. The van der Waals surface area contributed by atoms with Crippen LogP contribution in [-0.2, 0) is 21.3 Å². The summed E-state index contributed by atoms with van der Waals surface area (Å²) in [6.45, 7) is 9.38. The third-order valence-corrected chi connectivity index (χ3v) is 9.71. The van der Waals surface area contributed by atoms with Crippen LogP contribution in [0.3, 0.4) is 0 Å². The van der Waals surface area contributed by atoms with Crippen molar-refractivity contribution in [2.24, 2.45) is 0 Å². The molecule has 7 rings (SSSR count). The van der Waals surface area contributed by atoms with E-state index in [1.54, 1.807) is 0 Å². The van der Waals surface area contributed by atoms with Crippen molar-refractivity contribution in [3.05, 3.63) is 63.8 Å². The highest BCUT2D eigenvalue weighted by atomic mass is 16.5. The van der Waals surface area contributed by atoms with Gasteiger partial charge in [0.1, 0.15) is 0 Å². The van der Waals surface area contributed by atoms with E-state index in [4.69, 9.17) is 9.47 Å². The van der Waals surface area contributed by atoms with Crippen molar-refractivity contribution < 1.29 is 14.3 Å². The zero-order valence-electron chi connectivity index (χ0n) is 22.7. The number of anilines is 1. The third-order valence-electron chi connectivity index (χ3n) is 9.71. The monoisotopic (exact) mass is 524 g/mol. The fourth-order valence-electron chi connectivity index (χ4n) is 7.58. The number of nitrogens with zero attached hydrogens (tertiary/aromatic N) is 3. The van der Waals surface area contributed by atoms with Crippen LogP contribution in [0.1, 0.15) is 70.9 Å². The van der Waals surface area contributed by atoms with Crippen molar-refractivity contribution in [1.29, 1.82) is 5.26 Å². The van der Waals surface area contributed by atoms with Gasteiger partial charge in [0.15, 0.2) is 5.78 Å². The van der Waals surface area contributed by atoms with Gasteiger partial charge < -0.3 is 19.4 Å². The molecule has 0 atom stereocenters. The number of piperidine rings is 1. The topological polar surface area (TPSA) is 81.6 Å². The lowest BCUT2D eigenvalue weighted by Gasteiger charge is -2.44. The van der Waals surface area contributed by atoms with Crippen molar-refractivity contribution >= 4 is 22.4 Å². The van der Waals surface area contributed by atoms with Gasteiger partial charge in [0.05, 0.1) is 30.4 Å². The fraction of sp³-hybridized carbons (Fsp3) is 0.500. The number of ether oxygens (including phenoxy) is 2. The molecular formula is C32H36N4O3. The minimum atomic E-state index is -0.296. The van der Waals surface area contributed by atoms with Crippen LogP contribution in [0.4, 0.5) is 5.69 Å². The summed E-state index contributed by atoms with van der Waals surface area (Å²) in [4.78, 5) is 23.0. The molecule has 7 nitrogen and oxygen atoms in total. The number of hydrogen-bond acceptors (Lipinski definition) is 6. The highest BCUT2D eigenvalue weighted by Crippen LogP contribution is 2.51. The van der Waals surface area contributed by atoms with Gasteiger partial charge in [-0.3, -0.25) is 9.69 Å². The van der Waals surface area contributed by atoms with E-state index in [9.17, 15) is 10.1 Å². The summed E-state index contributed by atoms with van der Waals surface area (Å²) < 4.78 is 11.4. The van der Waals surface area contributed by atoms with Crippen molar-refractivity contribution in [2.75, 3.05) is 57.5 Å². The Labute approximate surface area is 229 Å². The van der Waals surface area contributed by atoms with Gasteiger partial charge in [0.2, 0.25) is 0 Å². The minimum absolute atomic E-state index is 0.0975. The minimum Gasteiger partial charge on any atom is -0.381 e. The van der Waals surface area contributed by atoms with E-state index < -0.39 is 0 Å². The maximum atomic E-state index is 14.2. The molecule has 0 radical (unpaired) electrons. The molecule has 202 valence electrons. The van der Waals surface area contributed by atoms with Crippen LogP contribution in [0.2, 0.25) is 0 Å². The lowest BCUT2D eigenvalue weighted by Crippen LogP contribution is -2.49. The molecule has 3 aliphatic heterocycles. The quantitative estimate of drug-likeness (QED) is 0.542. The highest BCUT2D eigenvalue weighted by molar-refractivity contribution is 6.20. The predicted octanol–water partition coefficient (Wildman–Crippen LogP) is 4.54. The highest BCUT2D eigenvalue weighted by Gasteiger charge is 2.47. The zero-order valence-corrected chi connectivity index (χ0v) is 22.7. The van der Waals surface area contributed by atoms with E-state index in [1.165, 1.54) is 11.3 Å². The molecule has 1 N–H and O–H groups in total. The first kappa shape index (κ1) is 24.8. The van der Waals surface area contributed by atoms with E-state index in [1.807, 2.05) is 18.2 Å². The molecule has 3 aromatic rings. The Balaban J connectivity index is 1.31. The molecule has 4 heterocycles. The SMILES string of the molecule is CCc1cc2c(cc1N1CCC(N3CCOCC3)CC1)C1(CCOCC1)c1[nH]c3cc(C#N)ccc3c1C2=O. The number of nitriles is 1. The molecule has 0 unspecified atom stereocenters. The maximum Gasteiger partial charge on any atom is 0.195 e. The first-order chi connectivity index (χ1) is 19.1. The molecule has 0 saturated carbocycles. The summed E-state index contributed by atoms with van der Waals surface area (Å²) in [7, 11) is 0. The average Bonchev–Trinajstić information content (AvgIpc) is 3.40. The molecule has 3 saturated heterocycles. The Morgan fingerprint density at radius 1 is 1.03 bits per heavy atom. The van der Waals surface area contributed by atoms with Gasteiger partial charge in [-0.1, -0.05) is 13.0 Å². The number of aryl methyl sites for hydroxylation is 1. The smallest absolute Gasteiger partial charge is 0.195 e. The molecule has 4 aliphatic rings. The zero-order chi connectivity index (χ0) is 26.6. The molecule has 1 aromatic heterocycles. The van der Waals surface area contributed by atoms with Crippen LogP contribution >= 0.6 is 0 Å². The van der Waals surface area contributed by atoms with Gasteiger partial charge in [0, 0.05) is 78.7 Å². The van der Waals surface area contributed by atoms with Crippen LogP contribution in [0.15, 0.2) is 30.3 Å². The predicted molar refractivity (Wildman–Crippen MR) is 151 cm³/mol. The maximum absolute atomic E-state index is 14.2. The van der Waals surface area contributed by atoms with E-state index in [0.717, 1.165) is 105 Å². The summed E-state index contributed by atoms with van der Waals surface area (Å²) in [5, 5.41) is 10.4. The molecule has 39 heavy (non-hydrogen) atoms. The first-order valence-corrected chi connectivity index (χ1v) is 14.6. The lowest BCUT2D eigenvalue weighted by atomic mass is 9.64. The van der Waals surface area contributed by atoms with Gasteiger partial charge >= 0.3 is 0 Å². The Hall–Kier alpha value is -3.18. The van der Waals surface area contributed by atoms with Gasteiger partial charge in [0.25, 0.3) is 0 Å². The summed E-state index contributed by atoms with van der Waals surface area (Å²) in [6, 6.07) is 13.1. The normalized spacial score (nSPS) is 21.6. The third kappa shape index (κ3) is 3.92. The number of ketones is 1. The first-order valence-electron chi connectivity index (χ1n) is 14.6. The Kier molecular flexibility index (Phi) is 6.23. The molecule has 7 heteroatoms. The molecule has 1 spiro atoms. The van der Waals surface area contributed by atoms with Gasteiger partial charge in [-0.05, 0) is 67.5 Å². The lowest BCUT2D eigenvalue weighted by molar-refractivity contribution is 0.0115. The fourth-order valence-corrected chi connectivity index (χ4v) is 7.58. The molecular weight excluding hydrogens is 488 g/mol. The van der Waals surface area contributed by atoms with Crippen molar-refractivity contribution in [3.8, 4) is 6.07 Å². The second-order valence-electron chi connectivity index (χ2n) is 11.5. The van der Waals surface area contributed by atoms with E-state index in [0.29, 0.717) is 24.8 Å². The molecule has 1 aliphatic carbocycles. The van der Waals surface area contributed by atoms with Gasteiger partial charge in [-0.2, -0.15) is 5.26 Å². The summed E-state index contributed by atoms with van der Waals surface area (Å²) >= 11 is 0. The standard InChI is InChI=1S/C32H36N4O3/c1-2-22-18-25-26(19-28(22)36-9-5-23(6-10-36)35-11-15-39-16-12-35)32(7-13-38-14-8-32)31-29(30(25)37)24-4-3-21(20-33)17-27(24)34-31/h3-4,17-19,23,34H,2,5-16H2,1H3. The van der Waals surface area contributed by atoms with Crippen LogP contribution < -0.4 is 4.90 Å². The number of morpholine rings is 1. The number of aromatic nitrogens is 1. The molecule has 3 fully saturated rings. The average molecular weight is 525 g/mol. The Bertz CT molecular complexity index is 1460. The van der Waals surface area contributed by atoms with Gasteiger partial charge in [-0.15, -0.1) is 0 Å². The van der Waals surface area contributed by atoms with Gasteiger partial charge in [-0.25, -0.2) is 0 Å². The Morgan fingerprint density at radius 3 is 2.49 bits per heavy atom. The summed E-state index contributed by atoms with van der Waals surface area (Å²) in [6.07, 6.45) is 4.88. The van der Waals surface area contributed by atoms with Crippen LogP contribution in [0.25, 0.3) is 10.9 Å². The van der Waals surface area contributed by atoms with Crippen molar-refractivity contribution in [1.82, 2.24) is 9.88 Å². The molecule has 0 bridgehead atoms. The number of nitrogens with one attached hydrogen (secondary N) is 1. The molecule has 0 amide bonds.